The van der Waals surface area contributed by atoms with Crippen molar-refractivity contribution in [3.05, 3.63) is 175 Å². The van der Waals surface area contributed by atoms with Crippen molar-refractivity contribution in [2.45, 2.75) is 26.2 Å². The largest absolute Gasteiger partial charge is 0.456 e. The predicted octanol–water partition coefficient (Wildman–Crippen LogP) is 13.8. The zero-order valence-corrected chi connectivity index (χ0v) is 30.5. The Morgan fingerprint density at radius 3 is 1.87 bits per heavy atom. The molecule has 0 saturated carbocycles. The Hall–Kier alpha value is -6.91. The molecule has 0 radical (unpaired) electrons. The van der Waals surface area contributed by atoms with Crippen LogP contribution >= 0.6 is 0 Å². The molecule has 0 atom stereocenters. The Morgan fingerprint density at radius 1 is 0.418 bits per heavy atom. The third-order valence-electron chi connectivity index (χ3n) is 10.7. The number of hydrogen-bond donors (Lipinski definition) is 0. The molecule has 0 spiro atoms. The molecule has 8 aromatic carbocycles. The first kappa shape index (κ1) is 32.7. The normalized spacial score (nSPS) is 11.6. The number of benzene rings is 8. The molecule has 4 heteroatoms. The van der Waals surface area contributed by atoms with E-state index in [1.54, 1.807) is 0 Å². The van der Waals surface area contributed by atoms with Gasteiger partial charge in [-0.3, -0.25) is 0 Å². The number of aromatic nitrogens is 3. The van der Waals surface area contributed by atoms with Crippen LogP contribution in [0.5, 0.6) is 0 Å². The highest BCUT2D eigenvalue weighted by Gasteiger charge is 2.19. The molecule has 0 aliphatic rings. The van der Waals surface area contributed by atoms with E-state index in [1.165, 1.54) is 34.7 Å². The van der Waals surface area contributed by atoms with Gasteiger partial charge in [-0.1, -0.05) is 153 Å². The Bertz CT molecular complexity index is 3020. The summed E-state index contributed by atoms with van der Waals surface area (Å²) in [6.07, 6.45) is 3.48. The molecular weight excluding hydrogens is 671 g/mol. The van der Waals surface area contributed by atoms with Gasteiger partial charge in [0.25, 0.3) is 0 Å². The Morgan fingerprint density at radius 2 is 1.07 bits per heavy atom. The SMILES string of the molecule is CCCCc1ccc2cc(-c3nc(-c4ccccc4)nc(-c4ccc(-c5cccc6oc7cc(-c8ccccc8)ccc7c56)c5ccccc45)n3)ccc2c1. The maximum atomic E-state index is 6.51. The van der Waals surface area contributed by atoms with E-state index in [0.717, 1.165) is 72.5 Å². The lowest BCUT2D eigenvalue weighted by molar-refractivity contribution is 0.669. The van der Waals surface area contributed by atoms with E-state index in [2.05, 4.69) is 153 Å². The molecule has 0 N–H and O–H groups in total. The lowest BCUT2D eigenvalue weighted by atomic mass is 9.92. The fraction of sp³-hybridized carbons (Fsp3) is 0.0784. The van der Waals surface area contributed by atoms with Crippen LogP contribution in [0, 0.1) is 0 Å². The van der Waals surface area contributed by atoms with E-state index >= 15 is 0 Å². The molecule has 10 rings (SSSR count). The van der Waals surface area contributed by atoms with Crippen molar-refractivity contribution < 1.29 is 4.42 Å². The number of fused-ring (bicyclic) bond motifs is 5. The molecule has 55 heavy (non-hydrogen) atoms. The minimum absolute atomic E-state index is 0.641. The van der Waals surface area contributed by atoms with E-state index in [0.29, 0.717) is 17.5 Å². The highest BCUT2D eigenvalue weighted by atomic mass is 16.3. The summed E-state index contributed by atoms with van der Waals surface area (Å²) in [7, 11) is 0. The zero-order valence-electron chi connectivity index (χ0n) is 30.5. The van der Waals surface area contributed by atoms with E-state index in [-0.39, 0.29) is 0 Å². The summed E-state index contributed by atoms with van der Waals surface area (Å²) in [5.74, 6) is 1.94. The molecule has 2 heterocycles. The average molecular weight is 708 g/mol. The van der Waals surface area contributed by atoms with Crippen LogP contribution in [0.15, 0.2) is 174 Å². The van der Waals surface area contributed by atoms with Crippen LogP contribution in [0.2, 0.25) is 0 Å². The van der Waals surface area contributed by atoms with Crippen LogP contribution in [-0.2, 0) is 6.42 Å². The van der Waals surface area contributed by atoms with Crippen molar-refractivity contribution in [2.75, 3.05) is 0 Å². The van der Waals surface area contributed by atoms with Gasteiger partial charge in [-0.25, -0.2) is 15.0 Å². The molecular formula is C51H37N3O. The minimum Gasteiger partial charge on any atom is -0.456 e. The quantitative estimate of drug-likeness (QED) is 0.158. The van der Waals surface area contributed by atoms with Crippen LogP contribution in [-0.4, -0.2) is 15.0 Å². The number of unbranched alkanes of at least 4 members (excludes halogenated alkanes) is 1. The molecule has 4 nitrogen and oxygen atoms in total. The maximum Gasteiger partial charge on any atom is 0.164 e. The molecule has 2 aromatic heterocycles. The summed E-state index contributed by atoms with van der Waals surface area (Å²) in [6, 6.07) is 59.8. The molecule has 0 aliphatic heterocycles. The first-order valence-electron chi connectivity index (χ1n) is 19.1. The number of furan rings is 1. The van der Waals surface area contributed by atoms with E-state index in [9.17, 15) is 0 Å². The monoisotopic (exact) mass is 707 g/mol. The zero-order chi connectivity index (χ0) is 36.7. The molecule has 0 amide bonds. The summed E-state index contributed by atoms with van der Waals surface area (Å²) >= 11 is 0. The average Bonchev–Trinajstić information content (AvgIpc) is 3.64. The van der Waals surface area contributed by atoms with Crippen molar-refractivity contribution in [3.8, 4) is 56.4 Å². The predicted molar refractivity (Wildman–Crippen MR) is 228 cm³/mol. The fourth-order valence-corrected chi connectivity index (χ4v) is 7.90. The molecule has 0 aliphatic carbocycles. The minimum atomic E-state index is 0.641. The summed E-state index contributed by atoms with van der Waals surface area (Å²) < 4.78 is 6.51. The number of nitrogens with zero attached hydrogens (tertiary/aromatic N) is 3. The van der Waals surface area contributed by atoms with Gasteiger partial charge < -0.3 is 4.42 Å². The number of aryl methyl sites for hydroxylation is 1. The molecule has 0 saturated heterocycles. The van der Waals surface area contributed by atoms with Crippen molar-refractivity contribution >= 4 is 43.5 Å². The highest BCUT2D eigenvalue weighted by Crippen LogP contribution is 2.42. The summed E-state index contributed by atoms with van der Waals surface area (Å²) in [6.45, 7) is 2.24. The number of hydrogen-bond acceptors (Lipinski definition) is 4. The first-order chi connectivity index (χ1) is 27.2. The topological polar surface area (TPSA) is 51.8 Å². The van der Waals surface area contributed by atoms with Gasteiger partial charge in [-0.05, 0) is 92.5 Å². The second kappa shape index (κ2) is 13.8. The second-order valence-electron chi connectivity index (χ2n) is 14.2. The van der Waals surface area contributed by atoms with Crippen molar-refractivity contribution in [3.63, 3.8) is 0 Å². The standard InChI is InChI=1S/C51H37N3O/c1-2-3-13-33-22-23-37-31-39(25-24-36(37)30-33)50-52-49(35-16-8-5-9-17-35)53-51(54-50)44-29-28-42(40-18-10-11-19-41(40)44)43-20-12-21-46-48(43)45-27-26-38(32-47(45)55-46)34-14-6-4-7-15-34/h4-12,14-32H,2-3,13H2,1H3. The van der Waals surface area contributed by atoms with Crippen LogP contribution in [0.25, 0.3) is 99.9 Å². The Labute approximate surface area is 319 Å². The Balaban J connectivity index is 1.12. The summed E-state index contributed by atoms with van der Waals surface area (Å²) in [4.78, 5) is 15.4. The highest BCUT2D eigenvalue weighted by molar-refractivity contribution is 6.16. The molecule has 262 valence electrons. The van der Waals surface area contributed by atoms with Crippen LogP contribution in [0.1, 0.15) is 25.3 Å². The number of rotatable bonds is 8. The molecule has 0 bridgehead atoms. The summed E-state index contributed by atoms with van der Waals surface area (Å²) in [5, 5.41) is 6.81. The Kier molecular flexibility index (Phi) is 8.22. The molecule has 0 fully saturated rings. The third kappa shape index (κ3) is 6.02. The van der Waals surface area contributed by atoms with Gasteiger partial charge in [0.2, 0.25) is 0 Å². The molecule has 10 aromatic rings. The van der Waals surface area contributed by atoms with Crippen molar-refractivity contribution in [1.82, 2.24) is 15.0 Å². The lowest BCUT2D eigenvalue weighted by Gasteiger charge is -2.14. The van der Waals surface area contributed by atoms with Gasteiger partial charge in [0.05, 0.1) is 0 Å². The summed E-state index contributed by atoms with van der Waals surface area (Å²) in [5.41, 5.74) is 10.5. The second-order valence-corrected chi connectivity index (χ2v) is 14.2. The van der Waals surface area contributed by atoms with Gasteiger partial charge in [-0.2, -0.15) is 0 Å². The molecule has 0 unspecified atom stereocenters. The van der Waals surface area contributed by atoms with E-state index in [1.807, 2.05) is 24.3 Å². The fourth-order valence-electron chi connectivity index (χ4n) is 7.90. The smallest absolute Gasteiger partial charge is 0.164 e. The van der Waals surface area contributed by atoms with E-state index < -0.39 is 0 Å². The van der Waals surface area contributed by atoms with E-state index in [4.69, 9.17) is 19.4 Å². The third-order valence-corrected chi connectivity index (χ3v) is 10.7. The lowest BCUT2D eigenvalue weighted by Crippen LogP contribution is -2.01. The van der Waals surface area contributed by atoms with Gasteiger partial charge in [-0.15, -0.1) is 0 Å². The van der Waals surface area contributed by atoms with Crippen LogP contribution < -0.4 is 0 Å². The van der Waals surface area contributed by atoms with Crippen molar-refractivity contribution in [2.24, 2.45) is 0 Å². The van der Waals surface area contributed by atoms with Crippen LogP contribution in [0.3, 0.4) is 0 Å². The van der Waals surface area contributed by atoms with Gasteiger partial charge in [0, 0.05) is 27.5 Å². The van der Waals surface area contributed by atoms with Gasteiger partial charge in [0.1, 0.15) is 11.2 Å². The van der Waals surface area contributed by atoms with Gasteiger partial charge in [0.15, 0.2) is 17.5 Å². The van der Waals surface area contributed by atoms with Crippen molar-refractivity contribution in [1.29, 1.82) is 0 Å². The maximum absolute atomic E-state index is 6.51. The van der Waals surface area contributed by atoms with Gasteiger partial charge >= 0.3 is 0 Å². The van der Waals surface area contributed by atoms with Crippen LogP contribution in [0.4, 0.5) is 0 Å². The first-order valence-corrected chi connectivity index (χ1v) is 19.1.